The van der Waals surface area contributed by atoms with Gasteiger partial charge in [0.1, 0.15) is 0 Å². The molecule has 1 aliphatic rings. The molecule has 0 spiro atoms. The summed E-state index contributed by atoms with van der Waals surface area (Å²) >= 11 is 0. The van der Waals surface area contributed by atoms with Gasteiger partial charge in [-0.25, -0.2) is 4.98 Å². The maximum atomic E-state index is 4.72. The van der Waals surface area contributed by atoms with E-state index < -0.39 is 0 Å². The van der Waals surface area contributed by atoms with Crippen molar-refractivity contribution in [2.24, 2.45) is 0 Å². The van der Waals surface area contributed by atoms with Crippen LogP contribution in [0.2, 0.25) is 0 Å². The molecule has 4 aromatic rings. The van der Waals surface area contributed by atoms with Crippen molar-refractivity contribution in [3.05, 3.63) is 59.8 Å². The third kappa shape index (κ3) is 1.67. The molecule has 0 fully saturated rings. The van der Waals surface area contributed by atoms with Crippen LogP contribution in [0.1, 0.15) is 11.3 Å². The van der Waals surface area contributed by atoms with Crippen LogP contribution in [0.5, 0.6) is 0 Å². The molecular weight excluding hydrogens is 272 g/mol. The lowest BCUT2D eigenvalue weighted by molar-refractivity contribution is 0.707. The number of hydrogen-bond donors (Lipinski definition) is 2. The van der Waals surface area contributed by atoms with Gasteiger partial charge in [0, 0.05) is 23.1 Å². The minimum atomic E-state index is 0.879. The summed E-state index contributed by atoms with van der Waals surface area (Å²) in [6.07, 6.45) is 1.05. The monoisotopic (exact) mass is 288 g/mol. The van der Waals surface area contributed by atoms with E-state index >= 15 is 0 Å². The standard InChI is InChI=1S/C18H16N4/c1-2-6-14-12(5-1)13-9-10-22(11-17(13)19-14)18-20-15-7-3-4-8-16(15)21-18/h1-8,19H,9-11H2,(H,20,21). The highest BCUT2D eigenvalue weighted by atomic mass is 15.3. The number of imidazole rings is 1. The molecule has 2 aromatic heterocycles. The summed E-state index contributed by atoms with van der Waals surface area (Å²) < 4.78 is 0. The largest absolute Gasteiger partial charge is 0.357 e. The average molecular weight is 288 g/mol. The van der Waals surface area contributed by atoms with Gasteiger partial charge in [-0.15, -0.1) is 0 Å². The van der Waals surface area contributed by atoms with Crippen molar-refractivity contribution in [2.75, 3.05) is 11.4 Å². The third-order valence-electron chi connectivity index (χ3n) is 4.56. The number of hydrogen-bond acceptors (Lipinski definition) is 2. The highest BCUT2D eigenvalue weighted by Gasteiger charge is 2.22. The number of aromatic nitrogens is 3. The zero-order valence-electron chi connectivity index (χ0n) is 12.1. The third-order valence-corrected chi connectivity index (χ3v) is 4.56. The highest BCUT2D eigenvalue weighted by Crippen LogP contribution is 2.29. The Morgan fingerprint density at radius 3 is 2.64 bits per heavy atom. The Balaban J connectivity index is 1.56. The maximum absolute atomic E-state index is 4.72. The molecule has 0 bridgehead atoms. The summed E-state index contributed by atoms with van der Waals surface area (Å²) in [4.78, 5) is 14.0. The van der Waals surface area contributed by atoms with Crippen molar-refractivity contribution < 1.29 is 0 Å². The molecule has 0 saturated carbocycles. The average Bonchev–Trinajstić information content (AvgIpc) is 3.15. The Kier molecular flexibility index (Phi) is 2.36. The zero-order chi connectivity index (χ0) is 14.5. The van der Waals surface area contributed by atoms with Crippen LogP contribution >= 0.6 is 0 Å². The van der Waals surface area contributed by atoms with Crippen molar-refractivity contribution in [1.29, 1.82) is 0 Å². The van der Waals surface area contributed by atoms with Gasteiger partial charge in [-0.05, 0) is 30.2 Å². The second-order valence-electron chi connectivity index (χ2n) is 5.88. The molecule has 4 nitrogen and oxygen atoms in total. The number of rotatable bonds is 1. The van der Waals surface area contributed by atoms with Gasteiger partial charge in [-0.1, -0.05) is 30.3 Å². The fourth-order valence-electron chi connectivity index (χ4n) is 3.46. The Morgan fingerprint density at radius 2 is 1.73 bits per heavy atom. The van der Waals surface area contributed by atoms with Gasteiger partial charge < -0.3 is 14.9 Å². The van der Waals surface area contributed by atoms with E-state index in [2.05, 4.69) is 45.2 Å². The number of anilines is 1. The van der Waals surface area contributed by atoms with Crippen molar-refractivity contribution in [3.63, 3.8) is 0 Å². The summed E-state index contributed by atoms with van der Waals surface area (Å²) in [5.41, 5.74) is 6.13. The molecular formula is C18H16N4. The lowest BCUT2D eigenvalue weighted by atomic mass is 10.0. The van der Waals surface area contributed by atoms with Gasteiger partial charge >= 0.3 is 0 Å². The number of benzene rings is 2. The lowest BCUT2D eigenvalue weighted by Crippen LogP contribution is -2.30. The number of para-hydroxylation sites is 3. The van der Waals surface area contributed by atoms with E-state index in [0.717, 1.165) is 36.5 Å². The summed E-state index contributed by atoms with van der Waals surface area (Å²) in [7, 11) is 0. The van der Waals surface area contributed by atoms with Crippen molar-refractivity contribution in [1.82, 2.24) is 15.0 Å². The second-order valence-corrected chi connectivity index (χ2v) is 5.88. The number of aromatic amines is 2. The molecule has 22 heavy (non-hydrogen) atoms. The molecule has 5 rings (SSSR count). The predicted octanol–water partition coefficient (Wildman–Crippen LogP) is 3.61. The first-order chi connectivity index (χ1) is 10.9. The highest BCUT2D eigenvalue weighted by molar-refractivity contribution is 5.85. The predicted molar refractivity (Wildman–Crippen MR) is 89.1 cm³/mol. The zero-order valence-corrected chi connectivity index (χ0v) is 12.1. The lowest BCUT2D eigenvalue weighted by Gasteiger charge is -2.26. The van der Waals surface area contributed by atoms with Crippen molar-refractivity contribution >= 4 is 27.9 Å². The first kappa shape index (κ1) is 11.9. The summed E-state index contributed by atoms with van der Waals surface area (Å²) in [5, 5.41) is 1.36. The summed E-state index contributed by atoms with van der Waals surface area (Å²) in [5.74, 6) is 0.963. The SMILES string of the molecule is c1ccc2[nH]c(N3CCc4c([nH]c5ccccc45)C3)nc2c1. The molecule has 0 atom stereocenters. The molecule has 2 N–H and O–H groups in total. The normalized spacial score (nSPS) is 14.6. The molecule has 0 amide bonds. The van der Waals surface area contributed by atoms with Gasteiger partial charge in [0.25, 0.3) is 0 Å². The number of nitrogens with one attached hydrogen (secondary N) is 2. The van der Waals surface area contributed by atoms with Crippen LogP contribution in [0.3, 0.4) is 0 Å². The number of nitrogens with zero attached hydrogens (tertiary/aromatic N) is 2. The fraction of sp³-hybridized carbons (Fsp3) is 0.167. The number of fused-ring (bicyclic) bond motifs is 4. The van der Waals surface area contributed by atoms with Crippen LogP contribution in [0, 0.1) is 0 Å². The molecule has 2 aromatic carbocycles. The Morgan fingerprint density at radius 1 is 0.909 bits per heavy atom. The van der Waals surface area contributed by atoms with Gasteiger partial charge in [-0.3, -0.25) is 0 Å². The smallest absolute Gasteiger partial charge is 0.204 e. The van der Waals surface area contributed by atoms with E-state index in [4.69, 9.17) is 4.98 Å². The topological polar surface area (TPSA) is 47.7 Å². The Bertz CT molecular complexity index is 946. The van der Waals surface area contributed by atoms with Gasteiger partial charge in [0.2, 0.25) is 5.95 Å². The fourth-order valence-corrected chi connectivity index (χ4v) is 3.46. The van der Waals surface area contributed by atoms with E-state index in [1.54, 1.807) is 0 Å². The summed E-state index contributed by atoms with van der Waals surface area (Å²) in [6.45, 7) is 1.87. The van der Waals surface area contributed by atoms with Crippen molar-refractivity contribution in [2.45, 2.75) is 13.0 Å². The maximum Gasteiger partial charge on any atom is 0.204 e. The summed E-state index contributed by atoms with van der Waals surface area (Å²) in [6, 6.07) is 16.7. The molecule has 0 aliphatic carbocycles. The molecule has 0 radical (unpaired) electrons. The van der Waals surface area contributed by atoms with Crippen LogP contribution in [0.25, 0.3) is 21.9 Å². The molecule has 0 unspecified atom stereocenters. The Hall–Kier alpha value is -2.75. The van der Waals surface area contributed by atoms with E-state index in [1.807, 2.05) is 18.2 Å². The molecule has 4 heteroatoms. The van der Waals surface area contributed by atoms with Crippen LogP contribution in [-0.4, -0.2) is 21.5 Å². The molecule has 1 aliphatic heterocycles. The van der Waals surface area contributed by atoms with Gasteiger partial charge in [0.05, 0.1) is 17.6 Å². The van der Waals surface area contributed by atoms with Crippen LogP contribution in [-0.2, 0) is 13.0 Å². The molecule has 3 heterocycles. The van der Waals surface area contributed by atoms with E-state index in [1.165, 1.54) is 22.2 Å². The van der Waals surface area contributed by atoms with Gasteiger partial charge in [0.15, 0.2) is 0 Å². The van der Waals surface area contributed by atoms with E-state index in [9.17, 15) is 0 Å². The second kappa shape index (κ2) is 4.37. The van der Waals surface area contributed by atoms with E-state index in [-0.39, 0.29) is 0 Å². The first-order valence-electron chi connectivity index (χ1n) is 7.67. The first-order valence-corrected chi connectivity index (χ1v) is 7.67. The number of H-pyrrole nitrogens is 2. The van der Waals surface area contributed by atoms with Crippen molar-refractivity contribution in [3.8, 4) is 0 Å². The minimum Gasteiger partial charge on any atom is -0.357 e. The van der Waals surface area contributed by atoms with E-state index in [0.29, 0.717) is 0 Å². The Labute approximate surface area is 127 Å². The van der Waals surface area contributed by atoms with Crippen LogP contribution < -0.4 is 4.90 Å². The van der Waals surface area contributed by atoms with Crippen LogP contribution in [0.4, 0.5) is 5.95 Å². The van der Waals surface area contributed by atoms with Gasteiger partial charge in [-0.2, -0.15) is 0 Å². The minimum absolute atomic E-state index is 0.879. The van der Waals surface area contributed by atoms with Crippen LogP contribution in [0.15, 0.2) is 48.5 Å². The molecule has 0 saturated heterocycles. The molecule has 108 valence electrons. The quantitative estimate of drug-likeness (QED) is 0.562.